The highest BCUT2D eigenvalue weighted by molar-refractivity contribution is 7.99. The smallest absolute Gasteiger partial charge is 0.259 e. The Bertz CT molecular complexity index is 972. The second kappa shape index (κ2) is 9.74. The number of amides is 1. The Morgan fingerprint density at radius 3 is 2.86 bits per heavy atom. The highest BCUT2D eigenvalue weighted by Crippen LogP contribution is 2.27. The van der Waals surface area contributed by atoms with Gasteiger partial charge >= 0.3 is 0 Å². The van der Waals surface area contributed by atoms with Crippen LogP contribution in [0.3, 0.4) is 0 Å². The number of thioether (sulfide) groups is 1. The first-order valence-corrected chi connectivity index (χ1v) is 11.6. The summed E-state index contributed by atoms with van der Waals surface area (Å²) in [6.07, 6.45) is 1.93. The predicted molar refractivity (Wildman–Crippen MR) is 116 cm³/mol. The van der Waals surface area contributed by atoms with Crippen LogP contribution in [0, 0.1) is 25.2 Å². The fourth-order valence-electron chi connectivity index (χ4n) is 3.52. The Labute approximate surface area is 178 Å². The lowest BCUT2D eigenvalue weighted by Gasteiger charge is -2.35. The summed E-state index contributed by atoms with van der Waals surface area (Å²) in [5.41, 5.74) is 0.857. The summed E-state index contributed by atoms with van der Waals surface area (Å²) in [5, 5.41) is 9.33. The van der Waals surface area contributed by atoms with Crippen LogP contribution in [-0.4, -0.2) is 51.8 Å². The Morgan fingerprint density at radius 1 is 1.45 bits per heavy atom. The second-order valence-corrected chi connectivity index (χ2v) is 9.74. The summed E-state index contributed by atoms with van der Waals surface area (Å²) in [4.78, 5) is 36.6. The van der Waals surface area contributed by atoms with Gasteiger partial charge in [-0.2, -0.15) is 5.26 Å². The minimum atomic E-state index is -0.288. The van der Waals surface area contributed by atoms with Gasteiger partial charge in [0.2, 0.25) is 5.91 Å². The molecule has 1 aliphatic rings. The number of hydrogen-bond acceptors (Lipinski definition) is 7. The quantitative estimate of drug-likeness (QED) is 0.719. The Morgan fingerprint density at radius 2 is 2.17 bits per heavy atom. The average Bonchev–Trinajstić information content (AvgIpc) is 3.01. The zero-order valence-corrected chi connectivity index (χ0v) is 18.6. The molecule has 0 aliphatic carbocycles. The van der Waals surface area contributed by atoms with Gasteiger partial charge in [0.1, 0.15) is 10.7 Å². The van der Waals surface area contributed by atoms with E-state index >= 15 is 0 Å². The van der Waals surface area contributed by atoms with Crippen LogP contribution in [0.25, 0.3) is 10.2 Å². The van der Waals surface area contributed by atoms with Crippen molar-refractivity contribution in [2.24, 2.45) is 0 Å². The zero-order valence-electron chi connectivity index (χ0n) is 17.0. The van der Waals surface area contributed by atoms with Gasteiger partial charge in [-0.05, 0) is 39.2 Å². The van der Waals surface area contributed by atoms with Gasteiger partial charge in [-0.25, -0.2) is 4.98 Å². The lowest BCUT2D eigenvalue weighted by molar-refractivity contribution is -0.134. The molecule has 1 fully saturated rings. The summed E-state index contributed by atoms with van der Waals surface area (Å²) < 4.78 is 5.41. The standard InChI is InChI=1S/C20H26N4O3S2/c1-12-13(2)29-19-17(12)18(25)22-16(23-19)11-28-14(3)20(26)24(8-4-7-21)15-5-9-27-10-6-15/h14-15H,4-6,8-11H2,1-3H3,(H,22,23,25). The minimum absolute atomic E-state index is 0.0309. The van der Waals surface area contributed by atoms with Gasteiger partial charge in [-0.15, -0.1) is 23.1 Å². The third-order valence-electron chi connectivity index (χ3n) is 5.29. The molecule has 1 atom stereocenters. The number of aromatic amines is 1. The van der Waals surface area contributed by atoms with Crippen molar-refractivity contribution in [3.05, 3.63) is 26.6 Å². The van der Waals surface area contributed by atoms with Crippen LogP contribution >= 0.6 is 23.1 Å². The summed E-state index contributed by atoms with van der Waals surface area (Å²) in [6.45, 7) is 7.54. The molecule has 0 aromatic carbocycles. The van der Waals surface area contributed by atoms with E-state index in [9.17, 15) is 9.59 Å². The highest BCUT2D eigenvalue weighted by Gasteiger charge is 2.29. The maximum Gasteiger partial charge on any atom is 0.259 e. The molecule has 3 rings (SSSR count). The number of carbonyl (C=O) groups is 1. The number of aryl methyl sites for hydroxylation is 2. The minimum Gasteiger partial charge on any atom is -0.381 e. The molecule has 1 saturated heterocycles. The van der Waals surface area contributed by atoms with E-state index in [1.807, 2.05) is 25.7 Å². The molecule has 0 saturated carbocycles. The van der Waals surface area contributed by atoms with Crippen molar-refractivity contribution < 1.29 is 9.53 Å². The maximum atomic E-state index is 13.1. The van der Waals surface area contributed by atoms with Crippen LogP contribution in [-0.2, 0) is 15.3 Å². The van der Waals surface area contributed by atoms with Gasteiger partial charge in [0.15, 0.2) is 0 Å². The van der Waals surface area contributed by atoms with Crippen LogP contribution in [0.4, 0.5) is 0 Å². The van der Waals surface area contributed by atoms with Crippen molar-refractivity contribution in [3.63, 3.8) is 0 Å². The third kappa shape index (κ3) is 5.00. The van der Waals surface area contributed by atoms with Crippen molar-refractivity contribution in [2.75, 3.05) is 19.8 Å². The van der Waals surface area contributed by atoms with Gasteiger partial charge < -0.3 is 14.6 Å². The van der Waals surface area contributed by atoms with Gasteiger partial charge in [0.25, 0.3) is 5.56 Å². The van der Waals surface area contributed by atoms with E-state index in [1.54, 1.807) is 0 Å². The molecule has 0 radical (unpaired) electrons. The van der Waals surface area contributed by atoms with E-state index in [0.29, 0.717) is 43.1 Å². The number of hydrogen-bond donors (Lipinski definition) is 1. The number of H-pyrrole nitrogens is 1. The van der Waals surface area contributed by atoms with E-state index in [2.05, 4.69) is 16.0 Å². The van der Waals surface area contributed by atoms with Gasteiger partial charge in [-0.1, -0.05) is 0 Å². The first kappa shape index (κ1) is 21.8. The van der Waals surface area contributed by atoms with Crippen LogP contribution < -0.4 is 5.56 Å². The molecular formula is C20H26N4O3S2. The lowest BCUT2D eigenvalue weighted by atomic mass is 10.1. The number of ether oxygens (including phenoxy) is 1. The number of rotatable bonds is 7. The molecule has 9 heteroatoms. The van der Waals surface area contributed by atoms with Crippen LogP contribution in [0.2, 0.25) is 0 Å². The van der Waals surface area contributed by atoms with Crippen molar-refractivity contribution >= 4 is 39.2 Å². The first-order chi connectivity index (χ1) is 13.9. The van der Waals surface area contributed by atoms with Gasteiger partial charge in [-0.3, -0.25) is 9.59 Å². The molecule has 2 aromatic heterocycles. The highest BCUT2D eigenvalue weighted by atomic mass is 32.2. The SMILES string of the molecule is Cc1sc2nc(CSC(C)C(=O)N(CCC#N)C3CCOCC3)[nH]c(=O)c2c1C. The summed E-state index contributed by atoms with van der Waals surface area (Å²) in [6, 6.07) is 2.26. The zero-order chi connectivity index (χ0) is 21.0. The average molecular weight is 435 g/mol. The summed E-state index contributed by atoms with van der Waals surface area (Å²) in [7, 11) is 0. The summed E-state index contributed by atoms with van der Waals surface area (Å²) >= 11 is 2.98. The number of carbonyl (C=O) groups excluding carboxylic acids is 1. The number of nitrogens with one attached hydrogen (secondary N) is 1. The molecular weight excluding hydrogens is 408 g/mol. The van der Waals surface area contributed by atoms with Gasteiger partial charge in [0.05, 0.1) is 28.9 Å². The van der Waals surface area contributed by atoms with Crippen LogP contribution in [0.1, 0.15) is 42.5 Å². The Kier molecular flexibility index (Phi) is 7.33. The first-order valence-electron chi connectivity index (χ1n) is 9.78. The largest absolute Gasteiger partial charge is 0.381 e. The van der Waals surface area contributed by atoms with E-state index in [0.717, 1.165) is 28.1 Å². The fourth-order valence-corrected chi connectivity index (χ4v) is 5.39. The third-order valence-corrected chi connectivity index (χ3v) is 7.53. The molecule has 3 heterocycles. The van der Waals surface area contributed by atoms with Crippen LogP contribution in [0.15, 0.2) is 4.79 Å². The number of nitriles is 1. The van der Waals surface area contributed by atoms with Crippen LogP contribution in [0.5, 0.6) is 0 Å². The molecule has 0 spiro atoms. The topological polar surface area (TPSA) is 99.1 Å². The maximum absolute atomic E-state index is 13.1. The number of fused-ring (bicyclic) bond motifs is 1. The van der Waals surface area contributed by atoms with E-state index in [1.165, 1.54) is 23.1 Å². The number of aromatic nitrogens is 2. The van der Waals surface area contributed by atoms with Crippen molar-refractivity contribution in [2.45, 2.75) is 57.1 Å². The second-order valence-electron chi connectivity index (χ2n) is 7.21. The Hall–Kier alpha value is -1.89. The van der Waals surface area contributed by atoms with E-state index in [4.69, 9.17) is 10.00 Å². The molecule has 1 amide bonds. The summed E-state index contributed by atoms with van der Waals surface area (Å²) in [5.74, 6) is 1.07. The molecule has 1 N–H and O–H groups in total. The van der Waals surface area contributed by atoms with E-state index in [-0.39, 0.29) is 22.8 Å². The van der Waals surface area contributed by atoms with Crippen molar-refractivity contribution in [1.29, 1.82) is 5.26 Å². The molecule has 2 aromatic rings. The lowest BCUT2D eigenvalue weighted by Crippen LogP contribution is -2.46. The monoisotopic (exact) mass is 434 g/mol. The molecule has 1 aliphatic heterocycles. The molecule has 1 unspecified atom stereocenters. The molecule has 7 nitrogen and oxygen atoms in total. The Balaban J connectivity index is 1.69. The number of nitrogens with zero attached hydrogens (tertiary/aromatic N) is 3. The van der Waals surface area contributed by atoms with Crippen molar-refractivity contribution in [3.8, 4) is 6.07 Å². The van der Waals surface area contributed by atoms with Crippen molar-refractivity contribution in [1.82, 2.24) is 14.9 Å². The predicted octanol–water partition coefficient (Wildman–Crippen LogP) is 3.14. The molecule has 156 valence electrons. The van der Waals surface area contributed by atoms with Gasteiger partial charge in [0, 0.05) is 30.7 Å². The molecule has 29 heavy (non-hydrogen) atoms. The normalized spacial score (nSPS) is 15.9. The van der Waals surface area contributed by atoms with E-state index < -0.39 is 0 Å². The number of thiophene rings is 1. The fraction of sp³-hybridized carbons (Fsp3) is 0.600. The molecule has 0 bridgehead atoms.